The van der Waals surface area contributed by atoms with Gasteiger partial charge in [-0.1, -0.05) is 18.2 Å². The first-order valence-electron chi connectivity index (χ1n) is 10.7. The molecular weight excluding hydrogens is 420 g/mol. The Morgan fingerprint density at radius 1 is 1.09 bits per heavy atom. The molecule has 0 spiro atoms. The lowest BCUT2D eigenvalue weighted by molar-refractivity contribution is 0.0954. The van der Waals surface area contributed by atoms with Gasteiger partial charge < -0.3 is 19.4 Å². The van der Waals surface area contributed by atoms with Crippen molar-refractivity contribution in [1.29, 1.82) is 0 Å². The predicted octanol–water partition coefficient (Wildman–Crippen LogP) is 3.14. The molecule has 0 saturated heterocycles. The van der Waals surface area contributed by atoms with E-state index in [9.17, 15) is 4.79 Å². The number of aromatic nitrogens is 5. The minimum atomic E-state index is -0.236. The van der Waals surface area contributed by atoms with Crippen molar-refractivity contribution in [1.82, 2.24) is 29.9 Å². The normalized spacial score (nSPS) is 10.8. The topological polar surface area (TPSA) is 96.1 Å². The first kappa shape index (κ1) is 22.1. The molecule has 4 aromatic rings. The number of carbonyl (C=O) groups is 1. The minimum absolute atomic E-state index is 0.236. The zero-order valence-electron chi connectivity index (χ0n) is 18.9. The summed E-state index contributed by atoms with van der Waals surface area (Å²) in [6.45, 7) is 3.22. The van der Waals surface area contributed by atoms with Gasteiger partial charge in [0.15, 0.2) is 0 Å². The molecule has 4 rings (SSSR count). The number of rotatable bonds is 9. The van der Waals surface area contributed by atoms with Crippen LogP contribution >= 0.6 is 0 Å². The maximum atomic E-state index is 13.2. The molecule has 0 aliphatic carbocycles. The van der Waals surface area contributed by atoms with E-state index < -0.39 is 0 Å². The third-order valence-electron chi connectivity index (χ3n) is 5.31. The highest BCUT2D eigenvalue weighted by atomic mass is 16.5. The van der Waals surface area contributed by atoms with Gasteiger partial charge >= 0.3 is 0 Å². The second kappa shape index (κ2) is 9.99. The maximum absolute atomic E-state index is 13.2. The molecule has 0 fully saturated rings. The Morgan fingerprint density at radius 3 is 2.64 bits per heavy atom. The average molecular weight is 447 g/mol. The van der Waals surface area contributed by atoms with Crippen LogP contribution in [0.25, 0.3) is 16.9 Å². The molecule has 9 nitrogen and oxygen atoms in total. The summed E-state index contributed by atoms with van der Waals surface area (Å²) in [5, 5.41) is 15.8. The molecule has 0 aliphatic heterocycles. The first-order chi connectivity index (χ1) is 16.1. The maximum Gasteiger partial charge on any atom is 0.255 e. The Labute approximate surface area is 192 Å². The fourth-order valence-electron chi connectivity index (χ4n) is 3.57. The van der Waals surface area contributed by atoms with Crippen molar-refractivity contribution in [2.75, 3.05) is 20.8 Å². The van der Waals surface area contributed by atoms with E-state index in [0.29, 0.717) is 41.3 Å². The second-order valence-corrected chi connectivity index (χ2v) is 7.28. The van der Waals surface area contributed by atoms with Crippen LogP contribution in [-0.2, 0) is 13.0 Å². The van der Waals surface area contributed by atoms with Gasteiger partial charge in [-0.15, -0.1) is 10.2 Å². The molecule has 0 atom stereocenters. The Balaban J connectivity index is 1.67. The van der Waals surface area contributed by atoms with Crippen LogP contribution in [0.1, 0.15) is 23.1 Å². The summed E-state index contributed by atoms with van der Waals surface area (Å²) in [4.78, 5) is 13.2. The minimum Gasteiger partial charge on any atom is -0.497 e. The molecule has 2 aromatic heterocycles. The Morgan fingerprint density at radius 2 is 1.91 bits per heavy atom. The van der Waals surface area contributed by atoms with E-state index in [0.717, 1.165) is 18.1 Å². The van der Waals surface area contributed by atoms with Gasteiger partial charge in [-0.25, -0.2) is 4.68 Å². The number of aryl methyl sites for hydroxylation is 1. The van der Waals surface area contributed by atoms with Gasteiger partial charge in [0.05, 0.1) is 25.5 Å². The molecule has 170 valence electrons. The molecule has 0 saturated carbocycles. The molecule has 9 heteroatoms. The molecule has 1 amide bonds. The van der Waals surface area contributed by atoms with E-state index in [2.05, 4.69) is 15.5 Å². The van der Waals surface area contributed by atoms with Gasteiger partial charge in [-0.2, -0.15) is 5.10 Å². The highest BCUT2D eigenvalue weighted by Crippen LogP contribution is 2.35. The van der Waals surface area contributed by atoms with Crippen LogP contribution < -0.4 is 14.8 Å². The average Bonchev–Trinajstić information content (AvgIpc) is 3.51. The lowest BCUT2D eigenvalue weighted by Gasteiger charge is -2.10. The third kappa shape index (κ3) is 4.72. The van der Waals surface area contributed by atoms with Crippen LogP contribution in [0, 0.1) is 0 Å². The number of hydrogen-bond acceptors (Lipinski definition) is 6. The Hall–Kier alpha value is -4.14. The lowest BCUT2D eigenvalue weighted by atomic mass is 10.1. The summed E-state index contributed by atoms with van der Waals surface area (Å²) in [5.41, 5.74) is 2.45. The predicted molar refractivity (Wildman–Crippen MR) is 124 cm³/mol. The molecule has 0 bridgehead atoms. The van der Waals surface area contributed by atoms with Crippen molar-refractivity contribution < 1.29 is 14.3 Å². The van der Waals surface area contributed by atoms with Crippen LogP contribution in [0.15, 0.2) is 61.1 Å². The monoisotopic (exact) mass is 446 g/mol. The lowest BCUT2D eigenvalue weighted by Crippen LogP contribution is -2.26. The summed E-state index contributed by atoms with van der Waals surface area (Å²) in [6.07, 6.45) is 3.99. The van der Waals surface area contributed by atoms with E-state index >= 15 is 0 Å². The SMILES string of the molecule is CCn1cnnc1CCNC(=O)c1cn(-c2ccccc2)nc1-c1cc(OC)ccc1OC. The number of benzene rings is 2. The second-order valence-electron chi connectivity index (χ2n) is 7.28. The number of amides is 1. The van der Waals surface area contributed by atoms with Crippen LogP contribution in [0.2, 0.25) is 0 Å². The number of nitrogens with zero attached hydrogens (tertiary/aromatic N) is 5. The van der Waals surface area contributed by atoms with Crippen molar-refractivity contribution >= 4 is 5.91 Å². The van der Waals surface area contributed by atoms with Crippen LogP contribution in [0.3, 0.4) is 0 Å². The van der Waals surface area contributed by atoms with Crippen LogP contribution in [0.5, 0.6) is 11.5 Å². The van der Waals surface area contributed by atoms with Crippen LogP contribution in [0.4, 0.5) is 0 Å². The van der Waals surface area contributed by atoms with Crippen molar-refractivity contribution in [2.24, 2.45) is 0 Å². The van der Waals surface area contributed by atoms with Crippen LogP contribution in [-0.4, -0.2) is 51.2 Å². The summed E-state index contributed by atoms with van der Waals surface area (Å²) >= 11 is 0. The Bertz CT molecular complexity index is 1230. The van der Waals surface area contributed by atoms with Gasteiger partial charge in [0.2, 0.25) is 0 Å². The standard InChI is InChI=1S/C24H26N6O3/c1-4-29-16-26-27-22(29)12-13-25-24(31)20-15-30(17-8-6-5-7-9-17)28-23(20)19-14-18(32-2)10-11-21(19)33-3/h5-11,14-16H,4,12-13H2,1-3H3,(H,25,31). The molecule has 33 heavy (non-hydrogen) atoms. The number of nitrogens with one attached hydrogen (secondary N) is 1. The number of hydrogen-bond donors (Lipinski definition) is 1. The van der Waals surface area contributed by atoms with Crippen molar-refractivity contribution in [3.05, 3.63) is 72.4 Å². The number of methoxy groups -OCH3 is 2. The van der Waals surface area contributed by atoms with Crippen molar-refractivity contribution in [3.63, 3.8) is 0 Å². The highest BCUT2D eigenvalue weighted by molar-refractivity contribution is 6.00. The number of para-hydroxylation sites is 1. The number of ether oxygens (including phenoxy) is 2. The fourth-order valence-corrected chi connectivity index (χ4v) is 3.57. The van der Waals surface area contributed by atoms with Crippen molar-refractivity contribution in [2.45, 2.75) is 19.9 Å². The number of carbonyl (C=O) groups excluding carboxylic acids is 1. The zero-order chi connectivity index (χ0) is 23.2. The van der Waals surface area contributed by atoms with E-state index in [1.54, 1.807) is 43.6 Å². The highest BCUT2D eigenvalue weighted by Gasteiger charge is 2.22. The molecule has 0 unspecified atom stereocenters. The van der Waals surface area contributed by atoms with Gasteiger partial charge in [0.1, 0.15) is 29.3 Å². The molecule has 0 radical (unpaired) electrons. The molecule has 2 heterocycles. The smallest absolute Gasteiger partial charge is 0.255 e. The molecule has 0 aliphatic rings. The van der Waals surface area contributed by atoms with Gasteiger partial charge in [0, 0.05) is 31.3 Å². The quantitative estimate of drug-likeness (QED) is 0.424. The fraction of sp³-hybridized carbons (Fsp3) is 0.250. The molecular formula is C24H26N6O3. The van der Waals surface area contributed by atoms with E-state index in [4.69, 9.17) is 14.6 Å². The zero-order valence-corrected chi connectivity index (χ0v) is 18.9. The molecule has 2 aromatic carbocycles. The van der Waals surface area contributed by atoms with Crippen molar-refractivity contribution in [3.8, 4) is 28.4 Å². The third-order valence-corrected chi connectivity index (χ3v) is 5.31. The summed E-state index contributed by atoms with van der Waals surface area (Å²) < 4.78 is 14.6. The Kier molecular flexibility index (Phi) is 6.68. The first-order valence-corrected chi connectivity index (χ1v) is 10.7. The van der Waals surface area contributed by atoms with E-state index in [1.807, 2.05) is 47.9 Å². The summed E-state index contributed by atoms with van der Waals surface area (Å²) in [6, 6.07) is 15.1. The van der Waals surface area contributed by atoms with Gasteiger partial charge in [-0.3, -0.25) is 4.79 Å². The van der Waals surface area contributed by atoms with Gasteiger partial charge in [0.25, 0.3) is 5.91 Å². The largest absolute Gasteiger partial charge is 0.497 e. The molecule has 1 N–H and O–H groups in total. The van der Waals surface area contributed by atoms with E-state index in [1.165, 1.54) is 0 Å². The van der Waals surface area contributed by atoms with E-state index in [-0.39, 0.29) is 5.91 Å². The summed E-state index contributed by atoms with van der Waals surface area (Å²) in [5.74, 6) is 1.83. The van der Waals surface area contributed by atoms with Gasteiger partial charge in [-0.05, 0) is 37.3 Å². The summed E-state index contributed by atoms with van der Waals surface area (Å²) in [7, 11) is 3.18.